The van der Waals surface area contributed by atoms with Crippen LogP contribution in [0, 0.1) is 20.8 Å². The van der Waals surface area contributed by atoms with E-state index in [1.165, 1.54) is 0 Å². The van der Waals surface area contributed by atoms with Gasteiger partial charge in [0.15, 0.2) is 5.76 Å². The Kier molecular flexibility index (Phi) is 5.13. The van der Waals surface area contributed by atoms with Gasteiger partial charge in [0.25, 0.3) is 0 Å². The van der Waals surface area contributed by atoms with E-state index in [1.807, 2.05) is 43.0 Å². The lowest BCUT2D eigenvalue weighted by atomic mass is 9.99. The van der Waals surface area contributed by atoms with Gasteiger partial charge in [0, 0.05) is 43.3 Å². The highest BCUT2D eigenvalue weighted by Crippen LogP contribution is 2.23. The van der Waals surface area contributed by atoms with E-state index in [9.17, 15) is 4.79 Å². The van der Waals surface area contributed by atoms with Crippen LogP contribution in [0.2, 0.25) is 0 Å². The van der Waals surface area contributed by atoms with Crippen molar-refractivity contribution < 1.29 is 9.32 Å². The van der Waals surface area contributed by atoms with Gasteiger partial charge in [0.2, 0.25) is 5.91 Å². The molecule has 1 aromatic carbocycles. The first-order valence-corrected chi connectivity index (χ1v) is 9.78. The highest BCUT2D eigenvalue weighted by atomic mass is 16.5. The third-order valence-corrected chi connectivity index (χ3v) is 5.59. The van der Waals surface area contributed by atoms with E-state index in [4.69, 9.17) is 9.51 Å². The fraction of sp³-hybridized carbons (Fsp3) is 0.409. The van der Waals surface area contributed by atoms with E-state index in [0.29, 0.717) is 6.42 Å². The SMILES string of the molecule is Cc1cc(CN2CCN(C(=O)Cc3c(C)nc4ccccc4c3C)CC2)on1. The first-order chi connectivity index (χ1) is 13.5. The standard InChI is InChI=1S/C22H26N4O2/c1-15-12-18(28-24-15)14-25-8-10-26(11-9-25)22(27)13-20-16(2)19-6-4-5-7-21(19)23-17(20)3/h4-7,12H,8-11,13-14H2,1-3H3. The number of carbonyl (C=O) groups is 1. The van der Waals surface area contributed by atoms with Crippen molar-refractivity contribution in [3.8, 4) is 0 Å². The molecule has 28 heavy (non-hydrogen) atoms. The van der Waals surface area contributed by atoms with Crippen LogP contribution in [-0.2, 0) is 17.8 Å². The molecular weight excluding hydrogens is 352 g/mol. The maximum atomic E-state index is 12.9. The van der Waals surface area contributed by atoms with Crippen molar-refractivity contribution in [3.05, 3.63) is 58.6 Å². The second-order valence-corrected chi connectivity index (χ2v) is 7.59. The van der Waals surface area contributed by atoms with E-state index in [0.717, 1.165) is 71.9 Å². The van der Waals surface area contributed by atoms with Gasteiger partial charge in [-0.25, -0.2) is 0 Å². The number of rotatable bonds is 4. The van der Waals surface area contributed by atoms with Crippen LogP contribution in [0.4, 0.5) is 0 Å². The zero-order chi connectivity index (χ0) is 19.7. The maximum absolute atomic E-state index is 12.9. The number of amides is 1. The first kappa shape index (κ1) is 18.6. The quantitative estimate of drug-likeness (QED) is 0.698. The molecule has 1 fully saturated rings. The van der Waals surface area contributed by atoms with Crippen LogP contribution in [0.5, 0.6) is 0 Å². The van der Waals surface area contributed by atoms with Crippen molar-refractivity contribution in [1.82, 2.24) is 19.9 Å². The molecule has 146 valence electrons. The Morgan fingerprint density at radius 2 is 1.86 bits per heavy atom. The molecule has 0 aliphatic carbocycles. The Balaban J connectivity index is 1.40. The minimum Gasteiger partial charge on any atom is -0.360 e. The van der Waals surface area contributed by atoms with Crippen LogP contribution in [-0.4, -0.2) is 52.0 Å². The van der Waals surface area contributed by atoms with E-state index in [2.05, 4.69) is 23.0 Å². The van der Waals surface area contributed by atoms with Crippen LogP contribution in [0.1, 0.15) is 28.3 Å². The van der Waals surface area contributed by atoms with Crippen molar-refractivity contribution in [2.45, 2.75) is 33.7 Å². The molecule has 0 atom stereocenters. The Bertz CT molecular complexity index is 1000. The summed E-state index contributed by atoms with van der Waals surface area (Å²) in [6.45, 7) is 9.94. The molecule has 1 amide bonds. The van der Waals surface area contributed by atoms with E-state index in [1.54, 1.807) is 0 Å². The van der Waals surface area contributed by atoms with Gasteiger partial charge < -0.3 is 9.42 Å². The fourth-order valence-electron chi connectivity index (χ4n) is 3.96. The van der Waals surface area contributed by atoms with Crippen molar-refractivity contribution >= 4 is 16.8 Å². The minimum absolute atomic E-state index is 0.179. The van der Waals surface area contributed by atoms with Crippen molar-refractivity contribution in [2.75, 3.05) is 26.2 Å². The predicted octanol–water partition coefficient (Wildman–Crippen LogP) is 3.03. The van der Waals surface area contributed by atoms with Crippen LogP contribution in [0.25, 0.3) is 10.9 Å². The van der Waals surface area contributed by atoms with Gasteiger partial charge in [0.05, 0.1) is 24.2 Å². The zero-order valence-corrected chi connectivity index (χ0v) is 16.7. The maximum Gasteiger partial charge on any atom is 0.227 e. The summed E-state index contributed by atoms with van der Waals surface area (Å²) in [6, 6.07) is 10.1. The highest BCUT2D eigenvalue weighted by molar-refractivity contribution is 5.86. The zero-order valence-electron chi connectivity index (χ0n) is 16.7. The Morgan fingerprint density at radius 1 is 1.11 bits per heavy atom. The first-order valence-electron chi connectivity index (χ1n) is 9.78. The summed E-state index contributed by atoms with van der Waals surface area (Å²) in [5.74, 6) is 1.06. The van der Waals surface area contributed by atoms with E-state index < -0.39 is 0 Å². The number of benzene rings is 1. The van der Waals surface area contributed by atoms with Crippen molar-refractivity contribution in [3.63, 3.8) is 0 Å². The molecule has 0 saturated carbocycles. The molecule has 1 saturated heterocycles. The third kappa shape index (κ3) is 3.78. The summed E-state index contributed by atoms with van der Waals surface area (Å²) in [6.07, 6.45) is 0.413. The number of nitrogens with zero attached hydrogens (tertiary/aromatic N) is 4. The molecule has 3 aromatic rings. The molecule has 0 radical (unpaired) electrons. The van der Waals surface area contributed by atoms with Gasteiger partial charge in [-0.2, -0.15) is 0 Å². The summed E-state index contributed by atoms with van der Waals surface area (Å²) in [4.78, 5) is 21.9. The molecule has 3 heterocycles. The molecule has 0 bridgehead atoms. The van der Waals surface area contributed by atoms with Gasteiger partial charge in [-0.3, -0.25) is 14.7 Å². The second kappa shape index (κ2) is 7.72. The van der Waals surface area contributed by atoms with Gasteiger partial charge in [-0.05, 0) is 38.0 Å². The van der Waals surface area contributed by atoms with Gasteiger partial charge in [-0.15, -0.1) is 0 Å². The summed E-state index contributed by atoms with van der Waals surface area (Å²) in [5, 5.41) is 5.07. The second-order valence-electron chi connectivity index (χ2n) is 7.59. The molecule has 6 nitrogen and oxygen atoms in total. The van der Waals surface area contributed by atoms with Gasteiger partial charge >= 0.3 is 0 Å². The topological polar surface area (TPSA) is 62.5 Å². The highest BCUT2D eigenvalue weighted by Gasteiger charge is 2.23. The molecular formula is C22H26N4O2. The Labute approximate surface area is 165 Å². The molecule has 0 unspecified atom stereocenters. The minimum atomic E-state index is 0.179. The van der Waals surface area contributed by atoms with Crippen LogP contribution >= 0.6 is 0 Å². The lowest BCUT2D eigenvalue weighted by Gasteiger charge is -2.34. The smallest absolute Gasteiger partial charge is 0.227 e. The summed E-state index contributed by atoms with van der Waals surface area (Å²) in [7, 11) is 0. The molecule has 2 aromatic heterocycles. The Morgan fingerprint density at radius 3 is 2.57 bits per heavy atom. The summed E-state index contributed by atoms with van der Waals surface area (Å²) >= 11 is 0. The van der Waals surface area contributed by atoms with Crippen LogP contribution < -0.4 is 0 Å². The third-order valence-electron chi connectivity index (χ3n) is 5.59. The van der Waals surface area contributed by atoms with Crippen molar-refractivity contribution in [2.24, 2.45) is 0 Å². The number of para-hydroxylation sites is 1. The average molecular weight is 378 g/mol. The van der Waals surface area contributed by atoms with E-state index in [-0.39, 0.29) is 5.91 Å². The number of aromatic nitrogens is 2. The summed E-state index contributed by atoms with van der Waals surface area (Å²) < 4.78 is 5.30. The van der Waals surface area contributed by atoms with Crippen molar-refractivity contribution in [1.29, 1.82) is 0 Å². The van der Waals surface area contributed by atoms with E-state index >= 15 is 0 Å². The normalized spacial score (nSPS) is 15.3. The molecule has 1 aliphatic heterocycles. The monoisotopic (exact) mass is 378 g/mol. The largest absolute Gasteiger partial charge is 0.360 e. The molecule has 0 N–H and O–H groups in total. The number of fused-ring (bicyclic) bond motifs is 1. The molecule has 6 heteroatoms. The molecule has 1 aliphatic rings. The summed E-state index contributed by atoms with van der Waals surface area (Å²) in [5.41, 5.74) is 5.06. The predicted molar refractivity (Wildman–Crippen MR) is 108 cm³/mol. The van der Waals surface area contributed by atoms with Gasteiger partial charge in [0.1, 0.15) is 0 Å². The number of carbonyl (C=O) groups excluding carboxylic acids is 1. The number of piperazine rings is 1. The molecule has 4 rings (SSSR count). The lowest BCUT2D eigenvalue weighted by Crippen LogP contribution is -2.48. The number of hydrogen-bond donors (Lipinski definition) is 0. The average Bonchev–Trinajstić information content (AvgIpc) is 3.10. The number of aryl methyl sites for hydroxylation is 3. The van der Waals surface area contributed by atoms with Crippen LogP contribution in [0.15, 0.2) is 34.9 Å². The number of hydrogen-bond acceptors (Lipinski definition) is 5. The Hall–Kier alpha value is -2.73. The van der Waals surface area contributed by atoms with Gasteiger partial charge in [-0.1, -0.05) is 23.4 Å². The van der Waals surface area contributed by atoms with Crippen LogP contribution in [0.3, 0.4) is 0 Å². The number of pyridine rings is 1. The lowest BCUT2D eigenvalue weighted by molar-refractivity contribution is -0.132. The molecule has 0 spiro atoms. The fourth-order valence-corrected chi connectivity index (χ4v) is 3.96.